The number of allylic oxidation sites excluding steroid dienone is 4. The molecule has 2 N–H and O–H groups in total. The van der Waals surface area contributed by atoms with Crippen LogP contribution in [0.4, 0.5) is 14.5 Å². The van der Waals surface area contributed by atoms with Crippen molar-refractivity contribution in [1.29, 1.82) is 0 Å². The Kier molecular flexibility index (Phi) is 8.59. The van der Waals surface area contributed by atoms with Gasteiger partial charge in [0.05, 0.1) is 31.4 Å². The van der Waals surface area contributed by atoms with Gasteiger partial charge in [0.25, 0.3) is 0 Å². The first-order valence-electron chi connectivity index (χ1n) is 11.0. The Bertz CT molecular complexity index is 1090. The molecule has 0 amide bonds. The Morgan fingerprint density at radius 2 is 1.85 bits per heavy atom. The van der Waals surface area contributed by atoms with Crippen molar-refractivity contribution in [3.8, 4) is 0 Å². The molecule has 9 heteroatoms. The molecular formula is C24H34F2N3O3S+. The smallest absolute Gasteiger partial charge is 0.391 e. The third-order valence-electron chi connectivity index (χ3n) is 6.42. The summed E-state index contributed by atoms with van der Waals surface area (Å²) in [6, 6.07) is 1.91. The minimum absolute atomic E-state index is 0.159. The van der Waals surface area contributed by atoms with Crippen molar-refractivity contribution in [1.82, 2.24) is 5.32 Å². The molecule has 2 rings (SSSR count). The Morgan fingerprint density at radius 3 is 2.39 bits per heavy atom. The summed E-state index contributed by atoms with van der Waals surface area (Å²) in [4.78, 5) is 13.4. The first kappa shape index (κ1) is 26.7. The minimum atomic E-state index is -4.00. The number of quaternary nitrogens is 1. The second kappa shape index (κ2) is 10.6. The second-order valence-corrected chi connectivity index (χ2v) is 10.6. The molecule has 6 nitrogen and oxygen atoms in total. The molecule has 182 valence electrons. The number of nitrogens with zero attached hydrogens (tertiary/aromatic N) is 1. The van der Waals surface area contributed by atoms with Crippen LogP contribution in [0.3, 0.4) is 0 Å². The van der Waals surface area contributed by atoms with Crippen LogP contribution in [0.5, 0.6) is 0 Å². The summed E-state index contributed by atoms with van der Waals surface area (Å²) in [5.41, 5.74) is 0.594. The Labute approximate surface area is 195 Å². The van der Waals surface area contributed by atoms with E-state index in [0.717, 1.165) is 36.1 Å². The molecule has 0 aliphatic carbocycles. The molecule has 1 fully saturated rings. The first-order valence-corrected chi connectivity index (χ1v) is 12.5. The summed E-state index contributed by atoms with van der Waals surface area (Å²) < 4.78 is 57.9. The Morgan fingerprint density at radius 1 is 1.24 bits per heavy atom. The van der Waals surface area contributed by atoms with E-state index in [2.05, 4.69) is 16.6 Å². The molecule has 0 spiro atoms. The molecular weight excluding hydrogens is 448 g/mol. The molecule has 33 heavy (non-hydrogen) atoms. The summed E-state index contributed by atoms with van der Waals surface area (Å²) in [6.07, 6.45) is 4.58. The standard InChI is InChI=1S/C24H33F2N3O3S/c1-7-16(3)17(4)18(5)19(15-27-8-2)24(30)22-20(25)11-12-21(23(22)26)28-33(31,32)29(6)13-9-10-14-29/h7,11-12,15,18,28H,1,8-10,13-14H2,2-6H3/p+1. The lowest BCUT2D eigenvalue weighted by atomic mass is 9.86. The van der Waals surface area contributed by atoms with E-state index in [4.69, 9.17) is 0 Å². The van der Waals surface area contributed by atoms with Gasteiger partial charge in [-0.15, -0.1) is 0 Å². The third-order valence-corrected chi connectivity index (χ3v) is 8.42. The molecule has 1 aromatic carbocycles. The topological polar surface area (TPSA) is 75.3 Å². The van der Waals surface area contributed by atoms with E-state index < -0.39 is 44.8 Å². The van der Waals surface area contributed by atoms with Crippen LogP contribution in [0, 0.1) is 17.6 Å². The van der Waals surface area contributed by atoms with Gasteiger partial charge in [0.1, 0.15) is 5.82 Å². The number of likely N-dealkylation sites (tertiary alicyclic amines) is 1. The highest BCUT2D eigenvalue weighted by Crippen LogP contribution is 2.31. The van der Waals surface area contributed by atoms with Crippen molar-refractivity contribution >= 4 is 21.7 Å². The van der Waals surface area contributed by atoms with Crippen LogP contribution < -0.4 is 10.0 Å². The third kappa shape index (κ3) is 5.52. The Hall–Kier alpha value is -2.52. The van der Waals surface area contributed by atoms with Crippen molar-refractivity contribution < 1.29 is 25.9 Å². The highest BCUT2D eigenvalue weighted by molar-refractivity contribution is 7.87. The molecule has 1 unspecified atom stereocenters. The molecule has 0 bridgehead atoms. The van der Waals surface area contributed by atoms with Crippen molar-refractivity contribution in [2.75, 3.05) is 31.4 Å². The number of hydrogen-bond acceptors (Lipinski definition) is 4. The lowest BCUT2D eigenvalue weighted by molar-refractivity contribution is -0.770. The van der Waals surface area contributed by atoms with Gasteiger partial charge in [-0.05, 0) is 32.9 Å². The maximum Gasteiger partial charge on any atom is 0.393 e. The maximum absolute atomic E-state index is 15.4. The lowest BCUT2D eigenvalue weighted by Gasteiger charge is -2.27. The lowest BCUT2D eigenvalue weighted by Crippen LogP contribution is -2.49. The van der Waals surface area contributed by atoms with Crippen molar-refractivity contribution in [3.63, 3.8) is 0 Å². The van der Waals surface area contributed by atoms with Gasteiger partial charge in [-0.1, -0.05) is 30.7 Å². The largest absolute Gasteiger partial charge is 0.393 e. The summed E-state index contributed by atoms with van der Waals surface area (Å²) in [5.74, 6) is -3.59. The van der Waals surface area contributed by atoms with Crippen molar-refractivity contribution in [2.24, 2.45) is 5.92 Å². The monoisotopic (exact) mass is 482 g/mol. The average molecular weight is 483 g/mol. The number of carbonyl (C=O) groups is 1. The van der Waals surface area contributed by atoms with Crippen LogP contribution in [0.15, 0.2) is 47.7 Å². The van der Waals surface area contributed by atoms with Gasteiger partial charge < -0.3 is 5.32 Å². The molecule has 1 aliphatic rings. The molecule has 1 aliphatic heterocycles. The van der Waals surface area contributed by atoms with Crippen LogP contribution in [0.2, 0.25) is 0 Å². The van der Waals surface area contributed by atoms with Crippen LogP contribution in [0.1, 0.15) is 50.9 Å². The number of carbonyl (C=O) groups excluding carboxylic acids is 1. The van der Waals surface area contributed by atoms with E-state index in [1.54, 1.807) is 20.0 Å². The number of rotatable bonds is 10. The predicted octanol–water partition coefficient (Wildman–Crippen LogP) is 4.70. The number of nitrogens with one attached hydrogen (secondary N) is 2. The molecule has 1 atom stereocenters. The normalized spacial score (nSPS) is 17.8. The minimum Gasteiger partial charge on any atom is -0.391 e. The highest BCUT2D eigenvalue weighted by atomic mass is 32.2. The van der Waals surface area contributed by atoms with Gasteiger partial charge in [0, 0.05) is 37.1 Å². The number of hydrogen-bond donors (Lipinski definition) is 2. The van der Waals surface area contributed by atoms with Gasteiger partial charge in [0.2, 0.25) is 0 Å². The van der Waals surface area contributed by atoms with Crippen molar-refractivity contribution in [3.05, 3.63) is 64.9 Å². The van der Waals surface area contributed by atoms with Crippen LogP contribution >= 0.6 is 0 Å². The van der Waals surface area contributed by atoms with E-state index in [0.29, 0.717) is 19.6 Å². The summed E-state index contributed by atoms with van der Waals surface area (Å²) in [5, 5.41) is 2.94. The second-order valence-electron chi connectivity index (χ2n) is 8.59. The van der Waals surface area contributed by atoms with Gasteiger partial charge in [0.15, 0.2) is 11.6 Å². The highest BCUT2D eigenvalue weighted by Gasteiger charge is 2.41. The number of Topliss-reactive ketones (excluding diaryl/α,β-unsaturated/α-hetero) is 1. The van der Waals surface area contributed by atoms with E-state index in [1.807, 2.05) is 20.8 Å². The number of benzene rings is 1. The zero-order valence-electron chi connectivity index (χ0n) is 20.0. The van der Waals surface area contributed by atoms with Gasteiger partial charge in [-0.25, -0.2) is 17.4 Å². The maximum atomic E-state index is 15.4. The van der Waals surface area contributed by atoms with E-state index >= 15 is 4.39 Å². The number of anilines is 1. The van der Waals surface area contributed by atoms with Crippen LogP contribution in [-0.4, -0.2) is 44.8 Å². The summed E-state index contributed by atoms with van der Waals surface area (Å²) in [6.45, 7) is 12.3. The molecule has 1 saturated heterocycles. The van der Waals surface area contributed by atoms with Gasteiger partial charge >= 0.3 is 10.2 Å². The molecule has 1 heterocycles. The molecule has 0 saturated carbocycles. The molecule has 0 radical (unpaired) electrons. The van der Waals surface area contributed by atoms with Gasteiger partial charge in [-0.3, -0.25) is 4.79 Å². The summed E-state index contributed by atoms with van der Waals surface area (Å²) >= 11 is 0. The van der Waals surface area contributed by atoms with E-state index in [-0.39, 0.29) is 9.46 Å². The summed E-state index contributed by atoms with van der Waals surface area (Å²) in [7, 11) is -2.45. The quantitative estimate of drug-likeness (QED) is 0.219. The number of ketones is 1. The van der Waals surface area contributed by atoms with Crippen LogP contribution in [-0.2, 0) is 10.2 Å². The fourth-order valence-electron chi connectivity index (χ4n) is 3.81. The fraction of sp³-hybridized carbons (Fsp3) is 0.458. The van der Waals surface area contributed by atoms with Gasteiger partial charge in [-0.2, -0.15) is 8.42 Å². The number of halogens is 2. The Balaban J connectivity index is 2.54. The first-order chi connectivity index (χ1) is 15.4. The van der Waals surface area contributed by atoms with Crippen molar-refractivity contribution in [2.45, 2.75) is 40.5 Å². The van der Waals surface area contributed by atoms with E-state index in [9.17, 15) is 17.6 Å². The van der Waals surface area contributed by atoms with E-state index in [1.165, 1.54) is 6.20 Å². The average Bonchev–Trinajstić information content (AvgIpc) is 3.23. The molecule has 0 aromatic heterocycles. The fourth-order valence-corrected chi connectivity index (χ4v) is 5.21. The zero-order valence-corrected chi connectivity index (χ0v) is 20.8. The predicted molar refractivity (Wildman–Crippen MR) is 128 cm³/mol. The molecule has 1 aromatic rings. The van der Waals surface area contributed by atoms with Crippen LogP contribution in [0.25, 0.3) is 0 Å². The SMILES string of the molecule is C=CC(C)=C(C)C(C)C(=CNCC)C(=O)c1c(F)ccc(NS(=O)(=O)[N+]2(C)CCCC2)c1F. The zero-order chi connectivity index (χ0) is 25.0.